The largest absolute Gasteiger partial charge is 0.349 e. The Morgan fingerprint density at radius 1 is 1.11 bits per heavy atom. The topological polar surface area (TPSA) is 30.5 Å². The summed E-state index contributed by atoms with van der Waals surface area (Å²) >= 11 is 0. The van der Waals surface area contributed by atoms with Crippen LogP contribution in [0.25, 0.3) is 10.8 Å². The average molecular weight is 365 g/mol. The van der Waals surface area contributed by atoms with Crippen molar-refractivity contribution in [1.29, 1.82) is 0 Å². The quantitative estimate of drug-likeness (QED) is 0.702. The molecule has 0 bridgehead atoms. The van der Waals surface area contributed by atoms with E-state index in [0.717, 1.165) is 17.7 Å². The third kappa shape index (κ3) is 3.88. The van der Waals surface area contributed by atoms with Gasteiger partial charge in [-0.05, 0) is 47.9 Å². The van der Waals surface area contributed by atoms with Crippen molar-refractivity contribution >= 4 is 10.8 Å². The average Bonchev–Trinajstić information content (AvgIpc) is 2.68. The van der Waals surface area contributed by atoms with E-state index in [1.165, 1.54) is 28.5 Å². The van der Waals surface area contributed by atoms with Gasteiger partial charge in [-0.3, -0.25) is 0 Å². The summed E-state index contributed by atoms with van der Waals surface area (Å²) in [4.78, 5) is 0. The third-order valence-electron chi connectivity index (χ3n) is 5.06. The van der Waals surface area contributed by atoms with E-state index >= 15 is 0 Å². The highest BCUT2D eigenvalue weighted by atomic mass is 19.1. The Kier molecular flexibility index (Phi) is 5.21. The van der Waals surface area contributed by atoms with Gasteiger partial charge in [-0.1, -0.05) is 54.1 Å². The molecule has 3 aromatic rings. The molecule has 1 N–H and O–H groups in total. The Balaban J connectivity index is 1.61. The van der Waals surface area contributed by atoms with Crippen molar-refractivity contribution in [1.82, 2.24) is 5.32 Å². The first-order valence-corrected chi connectivity index (χ1v) is 9.37. The highest BCUT2D eigenvalue weighted by molar-refractivity contribution is 5.86. The standard InChI is InChI=1S/C23H24FNO2/c1-15-13-18-5-3-4-6-20(18)21(14-15)16(2)27-23-22(25-11-12-26-23)17-7-9-19(24)10-8-17/h3-10,13-14,16,22-23,25H,11-12H2,1-2H3/t16-,22+,23-/m1/s1. The van der Waals surface area contributed by atoms with Gasteiger partial charge in [0.1, 0.15) is 5.82 Å². The number of aryl methyl sites for hydroxylation is 1. The predicted octanol–water partition coefficient (Wildman–Crippen LogP) is 5.05. The maximum Gasteiger partial charge on any atom is 0.177 e. The van der Waals surface area contributed by atoms with E-state index in [-0.39, 0.29) is 18.0 Å². The lowest BCUT2D eigenvalue weighted by atomic mass is 9.98. The second-order valence-electron chi connectivity index (χ2n) is 7.08. The molecule has 3 nitrogen and oxygen atoms in total. The first kappa shape index (κ1) is 18.1. The molecule has 140 valence electrons. The molecule has 4 heteroatoms. The summed E-state index contributed by atoms with van der Waals surface area (Å²) in [5.41, 5.74) is 3.32. The van der Waals surface area contributed by atoms with Gasteiger partial charge in [0.15, 0.2) is 6.29 Å². The van der Waals surface area contributed by atoms with Crippen LogP contribution < -0.4 is 5.32 Å². The van der Waals surface area contributed by atoms with Crippen molar-refractivity contribution in [2.45, 2.75) is 32.3 Å². The fraction of sp³-hybridized carbons (Fsp3) is 0.304. The minimum absolute atomic E-state index is 0.127. The van der Waals surface area contributed by atoms with Crippen LogP contribution in [0.1, 0.15) is 35.8 Å². The zero-order valence-corrected chi connectivity index (χ0v) is 15.6. The van der Waals surface area contributed by atoms with E-state index in [2.05, 4.69) is 49.5 Å². The summed E-state index contributed by atoms with van der Waals surface area (Å²) in [7, 11) is 0. The molecule has 1 heterocycles. The molecule has 0 aromatic heterocycles. The number of morpholine rings is 1. The van der Waals surface area contributed by atoms with Crippen LogP contribution in [-0.4, -0.2) is 19.4 Å². The molecular formula is C23H24FNO2. The smallest absolute Gasteiger partial charge is 0.177 e. The minimum atomic E-state index is -0.432. The van der Waals surface area contributed by atoms with E-state index in [0.29, 0.717) is 6.61 Å². The van der Waals surface area contributed by atoms with Gasteiger partial charge in [0.2, 0.25) is 0 Å². The maximum absolute atomic E-state index is 13.3. The molecule has 1 aliphatic heterocycles. The number of ether oxygens (including phenoxy) is 2. The molecule has 1 fully saturated rings. The summed E-state index contributed by atoms with van der Waals surface area (Å²) in [6, 6.07) is 19.1. The highest BCUT2D eigenvalue weighted by Crippen LogP contribution is 2.32. The van der Waals surface area contributed by atoms with Gasteiger partial charge in [0.25, 0.3) is 0 Å². The SMILES string of the molecule is Cc1cc([C@@H](C)O[C@H]2OCCN[C@H]2c2ccc(F)cc2)c2ccccc2c1. The van der Waals surface area contributed by atoms with Crippen LogP contribution in [0.3, 0.4) is 0 Å². The molecule has 27 heavy (non-hydrogen) atoms. The number of nitrogens with one attached hydrogen (secondary N) is 1. The highest BCUT2D eigenvalue weighted by Gasteiger charge is 2.30. The van der Waals surface area contributed by atoms with Gasteiger partial charge in [0, 0.05) is 6.54 Å². The molecule has 0 spiro atoms. The zero-order valence-electron chi connectivity index (χ0n) is 15.6. The summed E-state index contributed by atoms with van der Waals surface area (Å²) in [6.07, 6.45) is -0.568. The van der Waals surface area contributed by atoms with Crippen LogP contribution in [0.4, 0.5) is 4.39 Å². The normalized spacial score (nSPS) is 21.3. The van der Waals surface area contributed by atoms with Crippen molar-refractivity contribution in [3.63, 3.8) is 0 Å². The number of hydrogen-bond acceptors (Lipinski definition) is 3. The molecule has 4 rings (SSSR count). The molecule has 0 radical (unpaired) electrons. The Hall–Kier alpha value is -2.27. The third-order valence-corrected chi connectivity index (χ3v) is 5.06. The number of hydrogen-bond donors (Lipinski definition) is 1. The monoisotopic (exact) mass is 365 g/mol. The number of benzene rings is 3. The molecular weight excluding hydrogens is 341 g/mol. The van der Waals surface area contributed by atoms with Gasteiger partial charge in [-0.2, -0.15) is 0 Å². The van der Waals surface area contributed by atoms with Crippen LogP contribution in [0.15, 0.2) is 60.7 Å². The summed E-state index contributed by atoms with van der Waals surface area (Å²) in [5, 5.41) is 5.84. The lowest BCUT2D eigenvalue weighted by molar-refractivity contribution is -0.199. The molecule has 0 unspecified atom stereocenters. The zero-order chi connectivity index (χ0) is 18.8. The van der Waals surface area contributed by atoms with Crippen molar-refractivity contribution < 1.29 is 13.9 Å². The first-order valence-electron chi connectivity index (χ1n) is 9.37. The predicted molar refractivity (Wildman–Crippen MR) is 105 cm³/mol. The molecule has 1 saturated heterocycles. The molecule has 0 amide bonds. The first-order chi connectivity index (χ1) is 13.1. The molecule has 0 aliphatic carbocycles. The molecule has 3 atom stereocenters. The van der Waals surface area contributed by atoms with Crippen LogP contribution in [0, 0.1) is 12.7 Å². The van der Waals surface area contributed by atoms with E-state index in [1.807, 2.05) is 6.07 Å². The van der Waals surface area contributed by atoms with Gasteiger partial charge in [0.05, 0.1) is 18.8 Å². The van der Waals surface area contributed by atoms with E-state index in [1.54, 1.807) is 12.1 Å². The van der Waals surface area contributed by atoms with Crippen molar-refractivity contribution in [2.75, 3.05) is 13.2 Å². The van der Waals surface area contributed by atoms with Crippen LogP contribution in [0.5, 0.6) is 0 Å². The van der Waals surface area contributed by atoms with Gasteiger partial charge < -0.3 is 14.8 Å². The Bertz CT molecular complexity index is 925. The Morgan fingerprint density at radius 2 is 1.89 bits per heavy atom. The number of halogens is 1. The number of rotatable bonds is 4. The summed E-state index contributed by atoms with van der Waals surface area (Å²) in [6.45, 7) is 5.48. The summed E-state index contributed by atoms with van der Waals surface area (Å²) in [5.74, 6) is -0.243. The number of fused-ring (bicyclic) bond motifs is 1. The Labute approximate surface area is 159 Å². The second kappa shape index (κ2) is 7.77. The van der Waals surface area contributed by atoms with Gasteiger partial charge in [-0.25, -0.2) is 4.39 Å². The second-order valence-corrected chi connectivity index (χ2v) is 7.08. The lowest BCUT2D eigenvalue weighted by Crippen LogP contribution is -2.43. The van der Waals surface area contributed by atoms with Crippen LogP contribution in [0.2, 0.25) is 0 Å². The van der Waals surface area contributed by atoms with E-state index < -0.39 is 6.29 Å². The van der Waals surface area contributed by atoms with Gasteiger partial charge in [-0.15, -0.1) is 0 Å². The van der Waals surface area contributed by atoms with Gasteiger partial charge >= 0.3 is 0 Å². The minimum Gasteiger partial charge on any atom is -0.349 e. The fourth-order valence-electron chi connectivity index (χ4n) is 3.75. The van der Waals surface area contributed by atoms with Crippen molar-refractivity contribution in [3.8, 4) is 0 Å². The summed E-state index contributed by atoms with van der Waals surface area (Å²) < 4.78 is 25.6. The van der Waals surface area contributed by atoms with Crippen molar-refractivity contribution in [2.24, 2.45) is 0 Å². The maximum atomic E-state index is 13.3. The molecule has 3 aromatic carbocycles. The van der Waals surface area contributed by atoms with E-state index in [9.17, 15) is 4.39 Å². The molecule has 0 saturated carbocycles. The lowest BCUT2D eigenvalue weighted by Gasteiger charge is -2.35. The Morgan fingerprint density at radius 3 is 2.70 bits per heavy atom. The molecule has 1 aliphatic rings. The fourth-order valence-corrected chi connectivity index (χ4v) is 3.75. The van der Waals surface area contributed by atoms with Crippen LogP contribution in [-0.2, 0) is 9.47 Å². The van der Waals surface area contributed by atoms with Crippen molar-refractivity contribution in [3.05, 3.63) is 83.2 Å². The van der Waals surface area contributed by atoms with Crippen LogP contribution >= 0.6 is 0 Å². The van der Waals surface area contributed by atoms with E-state index in [4.69, 9.17) is 9.47 Å².